The molecule has 7 heteroatoms. The fourth-order valence-corrected chi connectivity index (χ4v) is 3.72. The van der Waals surface area contributed by atoms with Gasteiger partial charge in [0.25, 0.3) is 0 Å². The lowest BCUT2D eigenvalue weighted by Crippen LogP contribution is -2.09. The van der Waals surface area contributed by atoms with E-state index in [1.807, 2.05) is 53.7 Å². The standard InChI is InChI=1S/C18H12O4S.2C5H12O/c19-17(20)13-14(18(21)22)16(12-9-5-2-6-10-12)23-15(13)11-7-3-1-4-8-11;2*1-5(2,3)4-6/h1-10H,(H,19,20)(H,21,22);2*6H,4H2,1-3H3. The van der Waals surface area contributed by atoms with Crippen molar-refractivity contribution in [2.24, 2.45) is 10.8 Å². The molecule has 2 aromatic carbocycles. The van der Waals surface area contributed by atoms with Gasteiger partial charge in [0.05, 0.1) is 20.9 Å². The van der Waals surface area contributed by atoms with Gasteiger partial charge < -0.3 is 20.4 Å². The third-order valence-electron chi connectivity index (χ3n) is 4.36. The van der Waals surface area contributed by atoms with E-state index in [0.717, 1.165) is 0 Å². The van der Waals surface area contributed by atoms with Crippen molar-refractivity contribution >= 4 is 23.3 Å². The van der Waals surface area contributed by atoms with Gasteiger partial charge >= 0.3 is 11.9 Å². The van der Waals surface area contributed by atoms with Crippen molar-refractivity contribution in [1.82, 2.24) is 0 Å². The minimum atomic E-state index is -1.24. The number of hydrogen-bond acceptors (Lipinski definition) is 5. The predicted molar refractivity (Wildman–Crippen MR) is 142 cm³/mol. The number of aliphatic hydroxyl groups excluding tert-OH is 2. The van der Waals surface area contributed by atoms with Gasteiger partial charge in [0.1, 0.15) is 0 Å². The Morgan fingerprint density at radius 3 is 1.09 bits per heavy atom. The van der Waals surface area contributed by atoms with E-state index in [4.69, 9.17) is 10.2 Å². The van der Waals surface area contributed by atoms with Crippen LogP contribution in [0.1, 0.15) is 62.3 Å². The summed E-state index contributed by atoms with van der Waals surface area (Å²) in [6, 6.07) is 17.9. The Morgan fingerprint density at radius 2 is 0.886 bits per heavy atom. The van der Waals surface area contributed by atoms with Crippen LogP contribution in [0.3, 0.4) is 0 Å². The first-order valence-corrected chi connectivity index (χ1v) is 12.0. The van der Waals surface area contributed by atoms with Crippen LogP contribution in [0.2, 0.25) is 0 Å². The van der Waals surface area contributed by atoms with Gasteiger partial charge in [-0.05, 0) is 22.0 Å². The number of thiophene rings is 1. The Morgan fingerprint density at radius 1 is 0.629 bits per heavy atom. The molecule has 0 saturated heterocycles. The Balaban J connectivity index is 0.000000425. The predicted octanol–water partition coefficient (Wildman–Crippen LogP) is 6.53. The second kappa shape index (κ2) is 13.2. The molecule has 0 amide bonds. The average molecular weight is 501 g/mol. The van der Waals surface area contributed by atoms with E-state index in [1.165, 1.54) is 11.3 Å². The summed E-state index contributed by atoms with van der Waals surface area (Å²) in [7, 11) is 0. The van der Waals surface area contributed by atoms with E-state index in [0.29, 0.717) is 20.9 Å². The first-order chi connectivity index (χ1) is 16.2. The highest BCUT2D eigenvalue weighted by Gasteiger charge is 2.29. The molecule has 0 fully saturated rings. The molecule has 3 aromatic rings. The molecule has 0 bridgehead atoms. The quantitative estimate of drug-likeness (QED) is 0.324. The fraction of sp³-hybridized carbons (Fsp3) is 0.357. The third kappa shape index (κ3) is 10.0. The third-order valence-corrected chi connectivity index (χ3v) is 5.64. The highest BCUT2D eigenvalue weighted by Crippen LogP contribution is 2.42. The molecule has 4 N–H and O–H groups in total. The largest absolute Gasteiger partial charge is 0.478 e. The molecule has 35 heavy (non-hydrogen) atoms. The SMILES string of the molecule is CC(C)(C)CO.CC(C)(C)CO.O=C(O)c1c(-c2ccccc2)sc(-c2ccccc2)c1C(=O)O. The van der Waals surface area contributed by atoms with Crippen molar-refractivity contribution in [3.8, 4) is 20.9 Å². The maximum atomic E-state index is 11.7. The second-order valence-corrected chi connectivity index (χ2v) is 11.3. The fourth-order valence-electron chi connectivity index (χ4n) is 2.42. The zero-order valence-corrected chi connectivity index (χ0v) is 22.0. The molecule has 0 aliphatic heterocycles. The summed E-state index contributed by atoms with van der Waals surface area (Å²) in [6.07, 6.45) is 0. The number of aliphatic hydroxyl groups is 2. The van der Waals surface area contributed by atoms with Crippen LogP contribution in [-0.2, 0) is 0 Å². The Kier molecular flexibility index (Phi) is 11.3. The lowest BCUT2D eigenvalue weighted by atomic mass is 9.99. The van der Waals surface area contributed by atoms with Crippen LogP contribution in [-0.4, -0.2) is 45.6 Å². The van der Waals surface area contributed by atoms with Gasteiger partial charge in [-0.2, -0.15) is 0 Å². The van der Waals surface area contributed by atoms with Crippen LogP contribution >= 0.6 is 11.3 Å². The Hall–Kier alpha value is -3.00. The number of benzene rings is 2. The minimum absolute atomic E-state index is 0.0972. The van der Waals surface area contributed by atoms with E-state index in [2.05, 4.69) is 0 Å². The van der Waals surface area contributed by atoms with Gasteiger partial charge in [-0.3, -0.25) is 0 Å². The first kappa shape index (κ1) is 30.0. The van der Waals surface area contributed by atoms with Crippen LogP contribution in [0.5, 0.6) is 0 Å². The lowest BCUT2D eigenvalue weighted by Gasteiger charge is -2.11. The molecule has 3 rings (SSSR count). The number of carboxylic acids is 2. The highest BCUT2D eigenvalue weighted by atomic mass is 32.1. The van der Waals surface area contributed by atoms with Crippen molar-refractivity contribution in [3.05, 3.63) is 71.8 Å². The smallest absolute Gasteiger partial charge is 0.338 e. The van der Waals surface area contributed by atoms with Crippen molar-refractivity contribution in [3.63, 3.8) is 0 Å². The molecule has 0 unspecified atom stereocenters. The van der Waals surface area contributed by atoms with Gasteiger partial charge in [0, 0.05) is 13.2 Å². The van der Waals surface area contributed by atoms with Crippen LogP contribution in [0.15, 0.2) is 60.7 Å². The Bertz CT molecular complexity index is 988. The maximum absolute atomic E-state index is 11.7. The molecule has 0 aliphatic rings. The number of hydrogen-bond donors (Lipinski definition) is 4. The topological polar surface area (TPSA) is 115 Å². The molecule has 6 nitrogen and oxygen atoms in total. The molecule has 1 aromatic heterocycles. The van der Waals surface area contributed by atoms with Gasteiger partial charge in [0.15, 0.2) is 0 Å². The maximum Gasteiger partial charge on any atom is 0.338 e. The van der Waals surface area contributed by atoms with Crippen molar-refractivity contribution < 1.29 is 30.0 Å². The van der Waals surface area contributed by atoms with E-state index < -0.39 is 11.9 Å². The molecule has 0 radical (unpaired) electrons. The van der Waals surface area contributed by atoms with E-state index in [1.54, 1.807) is 48.5 Å². The van der Waals surface area contributed by atoms with E-state index in [9.17, 15) is 19.8 Å². The summed E-state index contributed by atoms with van der Waals surface area (Å²) in [6.45, 7) is 12.5. The van der Waals surface area contributed by atoms with Crippen molar-refractivity contribution in [2.45, 2.75) is 41.5 Å². The molecular formula is C28H36O6S. The lowest BCUT2D eigenvalue weighted by molar-refractivity contribution is 0.0654. The summed E-state index contributed by atoms with van der Waals surface area (Å²) in [5.41, 5.74) is 1.26. The summed E-state index contributed by atoms with van der Waals surface area (Å²) >= 11 is 1.19. The zero-order chi connectivity index (χ0) is 26.8. The number of carboxylic acid groups (broad SMARTS) is 2. The molecule has 0 aliphatic carbocycles. The molecule has 1 heterocycles. The monoisotopic (exact) mass is 500 g/mol. The van der Waals surface area contributed by atoms with Gasteiger partial charge in [0.2, 0.25) is 0 Å². The summed E-state index contributed by atoms with van der Waals surface area (Å²) in [5.74, 6) is -2.47. The second-order valence-electron chi connectivity index (χ2n) is 10.3. The molecule has 0 saturated carbocycles. The molecular weight excluding hydrogens is 464 g/mol. The number of aromatic carboxylic acids is 2. The summed E-state index contributed by atoms with van der Waals surface area (Å²) < 4.78 is 0. The van der Waals surface area contributed by atoms with Gasteiger partial charge in [-0.15, -0.1) is 11.3 Å². The first-order valence-electron chi connectivity index (χ1n) is 11.2. The van der Waals surface area contributed by atoms with Crippen LogP contribution in [0, 0.1) is 10.8 Å². The van der Waals surface area contributed by atoms with Crippen molar-refractivity contribution in [2.75, 3.05) is 13.2 Å². The van der Waals surface area contributed by atoms with Crippen LogP contribution in [0.4, 0.5) is 0 Å². The Labute approximate surface area is 211 Å². The molecule has 0 spiro atoms. The van der Waals surface area contributed by atoms with Crippen LogP contribution < -0.4 is 0 Å². The average Bonchev–Trinajstić information content (AvgIpc) is 3.22. The van der Waals surface area contributed by atoms with E-state index in [-0.39, 0.29) is 35.2 Å². The van der Waals surface area contributed by atoms with Crippen LogP contribution in [0.25, 0.3) is 20.9 Å². The summed E-state index contributed by atoms with van der Waals surface area (Å²) in [4.78, 5) is 24.3. The highest BCUT2D eigenvalue weighted by molar-refractivity contribution is 7.19. The van der Waals surface area contributed by atoms with Gasteiger partial charge in [-0.1, -0.05) is 102 Å². The zero-order valence-electron chi connectivity index (χ0n) is 21.2. The number of carbonyl (C=O) groups is 2. The van der Waals surface area contributed by atoms with E-state index >= 15 is 0 Å². The normalized spacial score (nSPS) is 11.0. The molecule has 0 atom stereocenters. The van der Waals surface area contributed by atoms with Gasteiger partial charge in [-0.25, -0.2) is 9.59 Å². The van der Waals surface area contributed by atoms with Crippen molar-refractivity contribution in [1.29, 1.82) is 0 Å². The molecule has 190 valence electrons. The number of rotatable bonds is 4. The minimum Gasteiger partial charge on any atom is -0.478 e. The summed E-state index contributed by atoms with van der Waals surface area (Å²) in [5, 5.41) is 35.9.